The Morgan fingerprint density at radius 3 is 3.21 bits per heavy atom. The van der Waals surface area contributed by atoms with Crippen LogP contribution in [0.2, 0.25) is 0 Å². The first kappa shape index (κ1) is 12.0. The highest BCUT2D eigenvalue weighted by Crippen LogP contribution is 2.27. The molecule has 3 heterocycles. The topological polar surface area (TPSA) is 69.0 Å². The summed E-state index contributed by atoms with van der Waals surface area (Å²) in [6.45, 7) is 1.79. The van der Waals surface area contributed by atoms with Gasteiger partial charge in [0.1, 0.15) is 5.82 Å². The second kappa shape index (κ2) is 4.88. The van der Waals surface area contributed by atoms with Crippen molar-refractivity contribution in [3.05, 3.63) is 23.9 Å². The molecule has 2 atom stereocenters. The van der Waals surface area contributed by atoms with Crippen molar-refractivity contribution in [1.29, 1.82) is 5.26 Å². The third-order valence-corrected chi connectivity index (χ3v) is 4.02. The standard InChI is InChI=1S/C14H16N4O/c15-8-10-3-5-16-13(7-10)18-6-4-12-11(9-18)1-2-14(19)17-12/h3,5,7,11-12H,1-2,4,6,9H2,(H,17,19). The Morgan fingerprint density at radius 2 is 2.37 bits per heavy atom. The van der Waals surface area contributed by atoms with E-state index < -0.39 is 0 Å². The van der Waals surface area contributed by atoms with Crippen LogP contribution in [-0.2, 0) is 4.79 Å². The molecule has 0 saturated carbocycles. The van der Waals surface area contributed by atoms with E-state index in [9.17, 15) is 4.79 Å². The fraction of sp³-hybridized carbons (Fsp3) is 0.500. The monoisotopic (exact) mass is 256 g/mol. The minimum Gasteiger partial charge on any atom is -0.356 e. The molecule has 0 aliphatic carbocycles. The molecule has 1 aromatic rings. The molecular formula is C14H16N4O. The van der Waals surface area contributed by atoms with Crippen molar-refractivity contribution >= 4 is 11.7 Å². The molecule has 0 radical (unpaired) electrons. The number of pyridine rings is 1. The molecule has 2 aliphatic heterocycles. The lowest BCUT2D eigenvalue weighted by atomic mass is 9.85. The Bertz CT molecular complexity index is 536. The maximum Gasteiger partial charge on any atom is 0.220 e. The molecular weight excluding hydrogens is 240 g/mol. The molecule has 5 nitrogen and oxygen atoms in total. The summed E-state index contributed by atoms with van der Waals surface area (Å²) >= 11 is 0. The molecule has 2 fully saturated rings. The molecule has 19 heavy (non-hydrogen) atoms. The SMILES string of the molecule is N#Cc1ccnc(N2CCC3NC(=O)CCC3C2)c1. The van der Waals surface area contributed by atoms with E-state index in [2.05, 4.69) is 21.3 Å². The number of amides is 1. The van der Waals surface area contributed by atoms with E-state index in [4.69, 9.17) is 5.26 Å². The minimum absolute atomic E-state index is 0.180. The lowest BCUT2D eigenvalue weighted by Gasteiger charge is -2.41. The van der Waals surface area contributed by atoms with Crippen molar-refractivity contribution in [3.63, 3.8) is 0 Å². The van der Waals surface area contributed by atoms with Crippen molar-refractivity contribution in [2.24, 2.45) is 5.92 Å². The summed E-state index contributed by atoms with van der Waals surface area (Å²) in [7, 11) is 0. The highest BCUT2D eigenvalue weighted by atomic mass is 16.1. The van der Waals surface area contributed by atoms with Gasteiger partial charge < -0.3 is 10.2 Å². The molecule has 2 unspecified atom stereocenters. The van der Waals surface area contributed by atoms with Gasteiger partial charge in [-0.1, -0.05) is 0 Å². The lowest BCUT2D eigenvalue weighted by molar-refractivity contribution is -0.124. The summed E-state index contributed by atoms with van der Waals surface area (Å²) in [5.41, 5.74) is 0.643. The van der Waals surface area contributed by atoms with E-state index in [1.54, 1.807) is 12.3 Å². The van der Waals surface area contributed by atoms with E-state index in [1.807, 2.05) is 6.07 Å². The van der Waals surface area contributed by atoms with Crippen LogP contribution in [0.3, 0.4) is 0 Å². The van der Waals surface area contributed by atoms with Gasteiger partial charge >= 0.3 is 0 Å². The molecule has 5 heteroatoms. The van der Waals surface area contributed by atoms with Crippen molar-refractivity contribution in [3.8, 4) is 6.07 Å². The summed E-state index contributed by atoms with van der Waals surface area (Å²) in [5.74, 6) is 1.55. The number of nitriles is 1. The predicted molar refractivity (Wildman–Crippen MR) is 70.4 cm³/mol. The molecule has 0 bridgehead atoms. The Kier molecular flexibility index (Phi) is 3.08. The number of anilines is 1. The highest BCUT2D eigenvalue weighted by molar-refractivity contribution is 5.77. The zero-order valence-corrected chi connectivity index (χ0v) is 10.7. The molecule has 0 aromatic carbocycles. The van der Waals surface area contributed by atoms with Gasteiger partial charge in [-0.3, -0.25) is 4.79 Å². The summed E-state index contributed by atoms with van der Waals surface area (Å²) in [6.07, 6.45) is 4.21. The average molecular weight is 256 g/mol. The van der Waals surface area contributed by atoms with Gasteiger partial charge in [-0.15, -0.1) is 0 Å². The molecule has 98 valence electrons. The van der Waals surface area contributed by atoms with Crippen LogP contribution in [0, 0.1) is 17.2 Å². The second-order valence-electron chi connectivity index (χ2n) is 5.22. The van der Waals surface area contributed by atoms with Crippen molar-refractivity contribution < 1.29 is 4.79 Å². The number of piperidine rings is 2. The van der Waals surface area contributed by atoms with Crippen LogP contribution in [0.4, 0.5) is 5.82 Å². The van der Waals surface area contributed by atoms with E-state index in [1.165, 1.54) is 0 Å². The van der Waals surface area contributed by atoms with Crippen LogP contribution >= 0.6 is 0 Å². The van der Waals surface area contributed by atoms with Gasteiger partial charge in [-0.05, 0) is 30.9 Å². The van der Waals surface area contributed by atoms with Crippen LogP contribution in [0.1, 0.15) is 24.8 Å². The van der Waals surface area contributed by atoms with Crippen LogP contribution in [0.5, 0.6) is 0 Å². The van der Waals surface area contributed by atoms with E-state index in [-0.39, 0.29) is 5.91 Å². The molecule has 1 amide bonds. The maximum absolute atomic E-state index is 11.4. The summed E-state index contributed by atoms with van der Waals surface area (Å²) in [6, 6.07) is 6.02. The van der Waals surface area contributed by atoms with E-state index in [0.717, 1.165) is 31.7 Å². The first-order valence-electron chi connectivity index (χ1n) is 6.67. The summed E-state index contributed by atoms with van der Waals surface area (Å²) in [5, 5.41) is 12.0. The Hall–Kier alpha value is -2.09. The van der Waals surface area contributed by atoms with Crippen molar-refractivity contribution in [2.75, 3.05) is 18.0 Å². The minimum atomic E-state index is 0.180. The third kappa shape index (κ3) is 2.39. The molecule has 2 aliphatic rings. The number of hydrogen-bond acceptors (Lipinski definition) is 4. The number of carbonyl (C=O) groups excluding carboxylic acids is 1. The second-order valence-corrected chi connectivity index (χ2v) is 5.22. The van der Waals surface area contributed by atoms with Gasteiger partial charge in [-0.25, -0.2) is 4.98 Å². The van der Waals surface area contributed by atoms with Crippen LogP contribution < -0.4 is 10.2 Å². The van der Waals surface area contributed by atoms with Gasteiger partial charge in [0.2, 0.25) is 5.91 Å². The number of hydrogen-bond donors (Lipinski definition) is 1. The number of rotatable bonds is 1. The first-order valence-corrected chi connectivity index (χ1v) is 6.67. The number of carbonyl (C=O) groups is 1. The lowest BCUT2D eigenvalue weighted by Crippen LogP contribution is -2.54. The first-order chi connectivity index (χ1) is 9.26. The quantitative estimate of drug-likeness (QED) is 0.815. The predicted octanol–water partition coefficient (Wildman–Crippen LogP) is 1.06. The normalized spacial score (nSPS) is 26.3. The van der Waals surface area contributed by atoms with E-state index in [0.29, 0.717) is 23.9 Å². The smallest absolute Gasteiger partial charge is 0.220 e. The maximum atomic E-state index is 11.4. The molecule has 2 saturated heterocycles. The van der Waals surface area contributed by atoms with E-state index >= 15 is 0 Å². The number of fused-ring (bicyclic) bond motifs is 1. The van der Waals surface area contributed by atoms with Gasteiger partial charge in [-0.2, -0.15) is 5.26 Å². The number of aromatic nitrogens is 1. The van der Waals surface area contributed by atoms with Crippen LogP contribution in [0.15, 0.2) is 18.3 Å². The van der Waals surface area contributed by atoms with Gasteiger partial charge in [0.25, 0.3) is 0 Å². The molecule has 1 N–H and O–H groups in total. The van der Waals surface area contributed by atoms with Gasteiger partial charge in [0.15, 0.2) is 0 Å². The Labute approximate surface area is 112 Å². The van der Waals surface area contributed by atoms with Crippen molar-refractivity contribution in [1.82, 2.24) is 10.3 Å². The molecule has 0 spiro atoms. The highest BCUT2D eigenvalue weighted by Gasteiger charge is 2.34. The van der Waals surface area contributed by atoms with Crippen LogP contribution in [-0.4, -0.2) is 30.0 Å². The van der Waals surface area contributed by atoms with Crippen LogP contribution in [0.25, 0.3) is 0 Å². The Balaban J connectivity index is 1.74. The third-order valence-electron chi connectivity index (χ3n) is 4.02. The zero-order chi connectivity index (χ0) is 13.2. The summed E-state index contributed by atoms with van der Waals surface area (Å²) < 4.78 is 0. The average Bonchev–Trinajstić information content (AvgIpc) is 2.46. The van der Waals surface area contributed by atoms with Gasteiger partial charge in [0, 0.05) is 31.7 Å². The fourth-order valence-corrected chi connectivity index (χ4v) is 2.98. The number of nitrogens with one attached hydrogen (secondary N) is 1. The summed E-state index contributed by atoms with van der Waals surface area (Å²) in [4.78, 5) is 18.0. The van der Waals surface area contributed by atoms with Crippen molar-refractivity contribution in [2.45, 2.75) is 25.3 Å². The molecule has 1 aromatic heterocycles. The zero-order valence-electron chi connectivity index (χ0n) is 10.7. The molecule has 3 rings (SSSR count). The fourth-order valence-electron chi connectivity index (χ4n) is 2.98. The van der Waals surface area contributed by atoms with Gasteiger partial charge in [0.05, 0.1) is 11.6 Å². The Morgan fingerprint density at radius 1 is 1.47 bits per heavy atom. The number of nitrogens with zero attached hydrogens (tertiary/aromatic N) is 3. The largest absolute Gasteiger partial charge is 0.356 e.